The average molecular weight is 270 g/mol. The van der Waals surface area contributed by atoms with Crippen LogP contribution in [0, 0.1) is 0 Å². The molecule has 2 rings (SSSR count). The van der Waals surface area contributed by atoms with Gasteiger partial charge in [-0.1, -0.05) is 18.2 Å². The molecule has 1 aliphatic rings. The standard InChI is InChI=1S/C12H13F3N4/c13-12(14,15)9-4-2-1-3-8(9)7-11(17)18-6-5-10(16)19-11/h1-6,18H,7,17H2,(H2,16,19). The van der Waals surface area contributed by atoms with Crippen molar-refractivity contribution in [3.05, 3.63) is 47.7 Å². The van der Waals surface area contributed by atoms with E-state index in [-0.39, 0.29) is 17.8 Å². The van der Waals surface area contributed by atoms with Crippen LogP contribution in [0.3, 0.4) is 0 Å². The lowest BCUT2D eigenvalue weighted by atomic mass is 10.00. The van der Waals surface area contributed by atoms with Crippen LogP contribution in [-0.4, -0.2) is 11.6 Å². The lowest BCUT2D eigenvalue weighted by Gasteiger charge is -2.29. The molecule has 19 heavy (non-hydrogen) atoms. The molecular formula is C12H13F3N4. The van der Waals surface area contributed by atoms with Gasteiger partial charge < -0.3 is 11.1 Å². The number of alkyl halides is 3. The summed E-state index contributed by atoms with van der Waals surface area (Å²) in [5, 5.41) is 2.72. The first-order chi connectivity index (χ1) is 8.80. The average Bonchev–Trinajstić information content (AvgIpc) is 2.27. The van der Waals surface area contributed by atoms with Crippen LogP contribution in [0.15, 0.2) is 41.5 Å². The number of nitrogens with zero attached hydrogens (tertiary/aromatic N) is 1. The zero-order chi connectivity index (χ0) is 14.1. The van der Waals surface area contributed by atoms with E-state index in [1.165, 1.54) is 30.5 Å². The van der Waals surface area contributed by atoms with E-state index in [0.29, 0.717) is 0 Å². The molecule has 1 aromatic rings. The maximum Gasteiger partial charge on any atom is 0.416 e. The van der Waals surface area contributed by atoms with Crippen molar-refractivity contribution in [1.29, 1.82) is 0 Å². The number of hydrogen-bond donors (Lipinski definition) is 3. The van der Waals surface area contributed by atoms with Crippen molar-refractivity contribution in [3.8, 4) is 0 Å². The van der Waals surface area contributed by atoms with E-state index in [1.807, 2.05) is 0 Å². The SMILES string of the molecule is NC1=NC(N)(Cc2ccccc2C(F)(F)F)NC=C1. The Bertz CT molecular complexity index is 536. The monoisotopic (exact) mass is 270 g/mol. The summed E-state index contributed by atoms with van der Waals surface area (Å²) < 4.78 is 38.6. The molecule has 4 nitrogen and oxygen atoms in total. The van der Waals surface area contributed by atoms with Crippen molar-refractivity contribution in [2.75, 3.05) is 0 Å². The van der Waals surface area contributed by atoms with Gasteiger partial charge in [0.25, 0.3) is 0 Å². The zero-order valence-electron chi connectivity index (χ0n) is 9.91. The number of halogens is 3. The fourth-order valence-electron chi connectivity index (χ4n) is 1.90. The molecule has 0 aliphatic carbocycles. The molecule has 0 amide bonds. The highest BCUT2D eigenvalue weighted by Gasteiger charge is 2.35. The second-order valence-electron chi connectivity index (χ2n) is 4.27. The van der Waals surface area contributed by atoms with Gasteiger partial charge >= 0.3 is 6.18 Å². The Morgan fingerprint density at radius 1 is 1.26 bits per heavy atom. The summed E-state index contributed by atoms with van der Waals surface area (Å²) in [6.07, 6.45) is -1.58. The number of hydrogen-bond acceptors (Lipinski definition) is 4. The molecule has 0 spiro atoms. The van der Waals surface area contributed by atoms with Crippen molar-refractivity contribution in [3.63, 3.8) is 0 Å². The summed E-state index contributed by atoms with van der Waals surface area (Å²) in [7, 11) is 0. The number of benzene rings is 1. The zero-order valence-corrected chi connectivity index (χ0v) is 9.91. The first-order valence-corrected chi connectivity index (χ1v) is 5.54. The van der Waals surface area contributed by atoms with E-state index in [0.717, 1.165) is 6.07 Å². The van der Waals surface area contributed by atoms with Crippen LogP contribution in [0.5, 0.6) is 0 Å². The second-order valence-corrected chi connectivity index (χ2v) is 4.27. The van der Waals surface area contributed by atoms with Gasteiger partial charge in [-0.15, -0.1) is 0 Å². The highest BCUT2D eigenvalue weighted by molar-refractivity contribution is 5.92. The van der Waals surface area contributed by atoms with E-state index < -0.39 is 17.5 Å². The van der Waals surface area contributed by atoms with Gasteiger partial charge in [-0.05, 0) is 17.7 Å². The maximum absolute atomic E-state index is 12.9. The topological polar surface area (TPSA) is 76.4 Å². The Morgan fingerprint density at radius 3 is 2.58 bits per heavy atom. The van der Waals surface area contributed by atoms with Crippen molar-refractivity contribution >= 4 is 5.84 Å². The van der Waals surface area contributed by atoms with Crippen LogP contribution >= 0.6 is 0 Å². The predicted molar refractivity (Wildman–Crippen MR) is 66.0 cm³/mol. The third-order valence-electron chi connectivity index (χ3n) is 2.70. The van der Waals surface area contributed by atoms with E-state index in [4.69, 9.17) is 11.5 Å². The molecule has 0 radical (unpaired) electrons. The quantitative estimate of drug-likeness (QED) is 0.759. The van der Waals surface area contributed by atoms with Gasteiger partial charge in [-0.25, -0.2) is 4.99 Å². The Kier molecular flexibility index (Phi) is 3.23. The summed E-state index contributed by atoms with van der Waals surface area (Å²) in [6.45, 7) is 0. The molecule has 0 saturated carbocycles. The molecule has 1 aromatic carbocycles. The Morgan fingerprint density at radius 2 is 1.95 bits per heavy atom. The number of aliphatic imine (C=N–C) groups is 1. The smallest absolute Gasteiger partial charge is 0.384 e. The molecule has 102 valence electrons. The second kappa shape index (κ2) is 4.58. The minimum Gasteiger partial charge on any atom is -0.384 e. The Balaban J connectivity index is 2.32. The van der Waals surface area contributed by atoms with Gasteiger partial charge in [-0.2, -0.15) is 13.2 Å². The van der Waals surface area contributed by atoms with E-state index in [1.54, 1.807) is 0 Å². The predicted octanol–water partition coefficient (Wildman–Crippen LogP) is 1.33. The maximum atomic E-state index is 12.9. The third kappa shape index (κ3) is 3.05. The van der Waals surface area contributed by atoms with Gasteiger partial charge in [-0.3, -0.25) is 5.73 Å². The largest absolute Gasteiger partial charge is 0.416 e. The normalized spacial score (nSPS) is 22.8. The lowest BCUT2D eigenvalue weighted by molar-refractivity contribution is -0.138. The van der Waals surface area contributed by atoms with Gasteiger partial charge in [0.05, 0.1) is 5.56 Å². The van der Waals surface area contributed by atoms with Crippen molar-refractivity contribution in [2.45, 2.75) is 18.4 Å². The minimum absolute atomic E-state index is 0.0665. The van der Waals surface area contributed by atoms with E-state index in [9.17, 15) is 13.2 Å². The molecular weight excluding hydrogens is 257 g/mol. The van der Waals surface area contributed by atoms with Gasteiger partial charge in [0.1, 0.15) is 5.84 Å². The Labute approximate surface area is 108 Å². The number of nitrogens with two attached hydrogens (primary N) is 2. The summed E-state index contributed by atoms with van der Waals surface area (Å²) >= 11 is 0. The summed E-state index contributed by atoms with van der Waals surface area (Å²) in [5.74, 6) is -1.19. The summed E-state index contributed by atoms with van der Waals surface area (Å²) in [4.78, 5) is 3.94. The summed E-state index contributed by atoms with van der Waals surface area (Å²) in [5.41, 5.74) is 10.8. The van der Waals surface area contributed by atoms with E-state index >= 15 is 0 Å². The molecule has 1 unspecified atom stereocenters. The molecule has 7 heteroatoms. The first-order valence-electron chi connectivity index (χ1n) is 5.54. The van der Waals surface area contributed by atoms with Crippen LogP contribution in [0.4, 0.5) is 13.2 Å². The third-order valence-corrected chi connectivity index (χ3v) is 2.70. The van der Waals surface area contributed by atoms with Crippen LogP contribution < -0.4 is 16.8 Å². The molecule has 1 aliphatic heterocycles. The molecule has 1 heterocycles. The molecule has 0 saturated heterocycles. The number of rotatable bonds is 2. The number of nitrogens with one attached hydrogen (secondary N) is 1. The van der Waals surface area contributed by atoms with Crippen molar-refractivity contribution < 1.29 is 13.2 Å². The fourth-order valence-corrected chi connectivity index (χ4v) is 1.90. The van der Waals surface area contributed by atoms with Crippen LogP contribution in [-0.2, 0) is 12.6 Å². The molecule has 0 aromatic heterocycles. The molecule has 0 fully saturated rings. The Hall–Kier alpha value is -2.02. The van der Waals surface area contributed by atoms with Crippen LogP contribution in [0.1, 0.15) is 11.1 Å². The van der Waals surface area contributed by atoms with Gasteiger partial charge in [0.15, 0.2) is 5.79 Å². The molecule has 5 N–H and O–H groups in total. The molecule has 1 atom stereocenters. The van der Waals surface area contributed by atoms with E-state index in [2.05, 4.69) is 10.3 Å². The summed E-state index contributed by atoms with van der Waals surface area (Å²) in [6, 6.07) is 5.26. The fraction of sp³-hybridized carbons (Fsp3) is 0.250. The van der Waals surface area contributed by atoms with Crippen LogP contribution in [0.2, 0.25) is 0 Å². The van der Waals surface area contributed by atoms with Crippen molar-refractivity contribution in [2.24, 2.45) is 16.5 Å². The van der Waals surface area contributed by atoms with Gasteiger partial charge in [0.2, 0.25) is 0 Å². The molecule has 0 bridgehead atoms. The first kappa shape index (κ1) is 13.4. The number of amidine groups is 1. The highest BCUT2D eigenvalue weighted by atomic mass is 19.4. The van der Waals surface area contributed by atoms with Crippen LogP contribution in [0.25, 0.3) is 0 Å². The van der Waals surface area contributed by atoms with Crippen molar-refractivity contribution in [1.82, 2.24) is 5.32 Å². The lowest BCUT2D eigenvalue weighted by Crippen LogP contribution is -2.54. The highest BCUT2D eigenvalue weighted by Crippen LogP contribution is 2.33. The van der Waals surface area contributed by atoms with Gasteiger partial charge in [0, 0.05) is 12.6 Å². The minimum atomic E-state index is -4.42.